The first-order valence-electron chi connectivity index (χ1n) is 8.89. The fraction of sp³-hybridized carbons (Fsp3) is 0.350. The van der Waals surface area contributed by atoms with Crippen LogP contribution in [0.1, 0.15) is 36.0 Å². The van der Waals surface area contributed by atoms with Crippen molar-refractivity contribution in [1.82, 2.24) is 0 Å². The number of hydrogen-bond acceptors (Lipinski definition) is 2. The monoisotopic (exact) mass is 474 g/mol. The summed E-state index contributed by atoms with van der Waals surface area (Å²) in [6, 6.07) is 3.47. The fourth-order valence-corrected chi connectivity index (χ4v) is 3.01. The largest absolute Gasteiger partial charge is 0.483 e. The first-order valence-corrected chi connectivity index (χ1v) is 8.89. The lowest BCUT2D eigenvalue weighted by Crippen LogP contribution is -2.21. The highest BCUT2D eigenvalue weighted by atomic mass is 19.4. The second-order valence-electron chi connectivity index (χ2n) is 6.72. The molecule has 0 bridgehead atoms. The third-order valence-corrected chi connectivity index (χ3v) is 4.43. The summed E-state index contributed by atoms with van der Waals surface area (Å²) in [6.07, 6.45) is -15.1. The SMILES string of the molecule is CCC(C(=O)O)c1cc(OCC(F)(F)F)c(-c2ccc(C(F)(F)F)cc2)c(C(F)(F)F)c1. The van der Waals surface area contributed by atoms with Gasteiger partial charge in [-0.3, -0.25) is 4.79 Å². The van der Waals surface area contributed by atoms with Crippen molar-refractivity contribution in [2.75, 3.05) is 6.61 Å². The molecular weight excluding hydrogens is 459 g/mol. The number of alkyl halides is 9. The predicted molar refractivity (Wildman–Crippen MR) is 94.1 cm³/mol. The van der Waals surface area contributed by atoms with Gasteiger partial charge in [0.25, 0.3) is 0 Å². The van der Waals surface area contributed by atoms with Crippen molar-refractivity contribution in [3.63, 3.8) is 0 Å². The van der Waals surface area contributed by atoms with Crippen molar-refractivity contribution in [3.05, 3.63) is 53.1 Å². The van der Waals surface area contributed by atoms with Gasteiger partial charge in [0.1, 0.15) is 5.75 Å². The predicted octanol–water partition coefficient (Wildman–Crippen LogP) is 6.91. The molecule has 2 aromatic carbocycles. The number of hydrogen-bond donors (Lipinski definition) is 1. The number of carboxylic acid groups (broad SMARTS) is 1. The van der Waals surface area contributed by atoms with Gasteiger partial charge in [-0.15, -0.1) is 0 Å². The van der Waals surface area contributed by atoms with E-state index in [0.717, 1.165) is 6.07 Å². The molecule has 0 saturated heterocycles. The average Bonchev–Trinajstić information content (AvgIpc) is 2.64. The van der Waals surface area contributed by atoms with E-state index in [0.29, 0.717) is 30.3 Å². The lowest BCUT2D eigenvalue weighted by atomic mass is 9.89. The minimum atomic E-state index is -5.18. The molecule has 0 aliphatic carbocycles. The van der Waals surface area contributed by atoms with E-state index < -0.39 is 70.6 Å². The Bertz CT molecular complexity index is 958. The molecular formula is C20H15F9O3. The van der Waals surface area contributed by atoms with Gasteiger partial charge in [-0.2, -0.15) is 39.5 Å². The Kier molecular flexibility index (Phi) is 7.05. The van der Waals surface area contributed by atoms with E-state index in [2.05, 4.69) is 4.74 Å². The summed E-state index contributed by atoms with van der Waals surface area (Å²) >= 11 is 0. The molecule has 0 saturated carbocycles. The van der Waals surface area contributed by atoms with Gasteiger partial charge in [-0.1, -0.05) is 19.1 Å². The minimum Gasteiger partial charge on any atom is -0.483 e. The quantitative estimate of drug-likeness (QED) is 0.463. The molecule has 2 rings (SSSR count). The lowest BCUT2D eigenvalue weighted by molar-refractivity contribution is -0.153. The number of aliphatic carboxylic acids is 1. The second kappa shape index (κ2) is 8.91. The summed E-state index contributed by atoms with van der Waals surface area (Å²) in [6.45, 7) is -0.642. The molecule has 1 unspecified atom stereocenters. The Hall–Kier alpha value is -2.92. The Balaban J connectivity index is 2.79. The van der Waals surface area contributed by atoms with Crippen molar-refractivity contribution in [2.24, 2.45) is 0 Å². The molecule has 2 aromatic rings. The van der Waals surface area contributed by atoms with Crippen LogP contribution in [0.4, 0.5) is 39.5 Å². The van der Waals surface area contributed by atoms with Gasteiger partial charge in [-0.05, 0) is 41.8 Å². The lowest BCUT2D eigenvalue weighted by Gasteiger charge is -2.22. The van der Waals surface area contributed by atoms with Crippen molar-refractivity contribution < 1.29 is 54.2 Å². The summed E-state index contributed by atoms with van der Waals surface area (Å²) < 4.78 is 122. The molecule has 0 aromatic heterocycles. The molecule has 12 heteroatoms. The summed E-state index contributed by atoms with van der Waals surface area (Å²) in [5, 5.41) is 9.25. The Morgan fingerprint density at radius 3 is 1.91 bits per heavy atom. The van der Waals surface area contributed by atoms with Gasteiger partial charge in [0, 0.05) is 5.56 Å². The third kappa shape index (κ3) is 6.07. The highest BCUT2D eigenvalue weighted by molar-refractivity contribution is 5.80. The highest BCUT2D eigenvalue weighted by Gasteiger charge is 2.38. The van der Waals surface area contributed by atoms with Crippen molar-refractivity contribution in [3.8, 4) is 16.9 Å². The van der Waals surface area contributed by atoms with Crippen LogP contribution in [-0.2, 0) is 17.1 Å². The number of carbonyl (C=O) groups is 1. The van der Waals surface area contributed by atoms with Gasteiger partial charge in [0.15, 0.2) is 6.61 Å². The zero-order valence-corrected chi connectivity index (χ0v) is 16.1. The Labute approximate surface area is 175 Å². The number of ether oxygens (including phenoxy) is 1. The van der Waals surface area contributed by atoms with Crippen molar-refractivity contribution >= 4 is 5.97 Å². The number of halogens is 9. The molecule has 0 aliphatic heterocycles. The standard InChI is InChI=1S/C20H15F9O3/c1-2-13(17(30)31)11-7-14(20(27,28)29)16(15(8-11)32-9-18(21,22)23)10-3-5-12(6-4-10)19(24,25)26/h3-8,13H,2,9H2,1H3,(H,30,31). The maximum absolute atomic E-state index is 13.8. The molecule has 1 atom stereocenters. The molecule has 0 fully saturated rings. The van der Waals surface area contributed by atoms with E-state index in [4.69, 9.17) is 0 Å². The summed E-state index contributed by atoms with van der Waals surface area (Å²) in [7, 11) is 0. The van der Waals surface area contributed by atoms with Crippen LogP contribution >= 0.6 is 0 Å². The Morgan fingerprint density at radius 2 is 1.50 bits per heavy atom. The van der Waals surface area contributed by atoms with E-state index >= 15 is 0 Å². The van der Waals surface area contributed by atoms with Crippen LogP contribution in [0.5, 0.6) is 5.75 Å². The zero-order chi connectivity index (χ0) is 24.5. The van der Waals surface area contributed by atoms with E-state index in [1.807, 2.05) is 0 Å². The number of benzene rings is 2. The molecule has 1 N–H and O–H groups in total. The summed E-state index contributed by atoms with van der Waals surface area (Å²) in [5.74, 6) is -3.94. The first-order chi connectivity index (χ1) is 14.5. The maximum atomic E-state index is 13.8. The molecule has 0 aliphatic rings. The normalized spacial score (nSPS) is 13.7. The van der Waals surface area contributed by atoms with Crippen LogP contribution in [0.3, 0.4) is 0 Å². The molecule has 0 heterocycles. The van der Waals surface area contributed by atoms with Gasteiger partial charge >= 0.3 is 24.5 Å². The second-order valence-corrected chi connectivity index (χ2v) is 6.72. The topological polar surface area (TPSA) is 46.5 Å². The molecule has 0 radical (unpaired) electrons. The van der Waals surface area contributed by atoms with E-state index in [-0.39, 0.29) is 6.42 Å². The maximum Gasteiger partial charge on any atom is 0.422 e. The third-order valence-electron chi connectivity index (χ3n) is 4.43. The van der Waals surface area contributed by atoms with Gasteiger partial charge in [-0.25, -0.2) is 0 Å². The van der Waals surface area contributed by atoms with Gasteiger partial charge < -0.3 is 9.84 Å². The summed E-state index contributed by atoms with van der Waals surface area (Å²) in [5.41, 5.74) is -4.59. The average molecular weight is 474 g/mol. The smallest absolute Gasteiger partial charge is 0.422 e. The molecule has 32 heavy (non-hydrogen) atoms. The summed E-state index contributed by atoms with van der Waals surface area (Å²) in [4.78, 5) is 11.4. The minimum absolute atomic E-state index is 0.176. The van der Waals surface area contributed by atoms with Crippen LogP contribution in [0.25, 0.3) is 11.1 Å². The van der Waals surface area contributed by atoms with E-state index in [1.165, 1.54) is 6.92 Å². The van der Waals surface area contributed by atoms with Crippen LogP contribution < -0.4 is 4.74 Å². The van der Waals surface area contributed by atoms with Crippen molar-refractivity contribution in [2.45, 2.75) is 37.8 Å². The van der Waals surface area contributed by atoms with Gasteiger partial charge in [0.2, 0.25) is 0 Å². The number of rotatable bonds is 6. The van der Waals surface area contributed by atoms with Crippen LogP contribution in [0, 0.1) is 0 Å². The van der Waals surface area contributed by atoms with Gasteiger partial charge in [0.05, 0.1) is 17.0 Å². The molecule has 0 amide bonds. The molecule has 0 spiro atoms. The highest BCUT2D eigenvalue weighted by Crippen LogP contribution is 2.45. The van der Waals surface area contributed by atoms with E-state index in [9.17, 15) is 49.4 Å². The van der Waals surface area contributed by atoms with Crippen LogP contribution in [0.15, 0.2) is 36.4 Å². The van der Waals surface area contributed by atoms with Crippen LogP contribution in [0.2, 0.25) is 0 Å². The Morgan fingerprint density at radius 1 is 0.938 bits per heavy atom. The van der Waals surface area contributed by atoms with Crippen molar-refractivity contribution in [1.29, 1.82) is 0 Å². The fourth-order valence-electron chi connectivity index (χ4n) is 3.01. The molecule has 176 valence electrons. The van der Waals surface area contributed by atoms with Crippen LogP contribution in [-0.4, -0.2) is 23.9 Å². The molecule has 3 nitrogen and oxygen atoms in total. The first kappa shape index (κ1) is 25.3. The zero-order valence-electron chi connectivity index (χ0n) is 16.1. The number of carboxylic acids is 1. The van der Waals surface area contributed by atoms with E-state index in [1.54, 1.807) is 0 Å².